The summed E-state index contributed by atoms with van der Waals surface area (Å²) in [4.78, 5) is 11.9. The van der Waals surface area contributed by atoms with Crippen molar-refractivity contribution in [1.82, 2.24) is 4.72 Å². The van der Waals surface area contributed by atoms with Gasteiger partial charge in [-0.3, -0.25) is 4.79 Å². The average molecular weight is 499 g/mol. The normalized spacial score (nSPS) is 15.5. The first-order valence-corrected chi connectivity index (χ1v) is 13.3. The summed E-state index contributed by atoms with van der Waals surface area (Å²) in [5.74, 6) is 0.320. The zero-order chi connectivity index (χ0) is 24.2. The zero-order valence-corrected chi connectivity index (χ0v) is 20.2. The van der Waals surface area contributed by atoms with Gasteiger partial charge in [-0.15, -0.1) is 0 Å². The van der Waals surface area contributed by atoms with Gasteiger partial charge < -0.3 is 14.2 Å². The quantitative estimate of drug-likeness (QED) is 0.524. The molecule has 3 rings (SSSR count). The molecule has 1 amide bonds. The van der Waals surface area contributed by atoms with E-state index >= 15 is 0 Å². The third-order valence-electron chi connectivity index (χ3n) is 5.00. The number of nitrogens with one attached hydrogen (secondary N) is 1. The second-order valence-corrected chi connectivity index (χ2v) is 10.8. The Bertz CT molecular complexity index is 1240. The minimum absolute atomic E-state index is 0.0304. The lowest BCUT2D eigenvalue weighted by Gasteiger charge is -2.18. The Morgan fingerprint density at radius 3 is 2.39 bits per heavy atom. The molecule has 180 valence electrons. The van der Waals surface area contributed by atoms with E-state index in [1.54, 1.807) is 25.1 Å². The van der Waals surface area contributed by atoms with Crippen molar-refractivity contribution in [1.29, 1.82) is 0 Å². The van der Waals surface area contributed by atoms with Crippen molar-refractivity contribution in [2.24, 2.45) is 0 Å². The van der Waals surface area contributed by atoms with Crippen LogP contribution in [-0.4, -0.2) is 55.9 Å². The molecule has 0 atom stereocenters. The minimum Gasteiger partial charge on any atom is -0.497 e. The molecule has 0 aromatic heterocycles. The standard InChI is InChI=1S/C21H26N2O8S2/c1-4-31-19-7-5-16(23-21(24)10-12-32(23,25)26)14-20(19)33(27,28)22-11-9-15-13-17(29-2)6-8-18(15)30-3/h5-8,13-14,22H,4,9-12H2,1-3H3. The Hall–Kier alpha value is -2.83. The van der Waals surface area contributed by atoms with Crippen LogP contribution in [0.2, 0.25) is 0 Å². The molecule has 12 heteroatoms. The van der Waals surface area contributed by atoms with Crippen molar-refractivity contribution >= 4 is 31.6 Å². The number of rotatable bonds is 10. The van der Waals surface area contributed by atoms with Crippen LogP contribution in [0.25, 0.3) is 0 Å². The highest BCUT2D eigenvalue weighted by molar-refractivity contribution is 7.94. The van der Waals surface area contributed by atoms with Crippen LogP contribution in [0.1, 0.15) is 18.9 Å². The number of hydrogen-bond acceptors (Lipinski definition) is 8. The number of nitrogens with zero attached hydrogens (tertiary/aromatic N) is 1. The highest BCUT2D eigenvalue weighted by atomic mass is 32.2. The molecule has 0 unspecified atom stereocenters. The van der Waals surface area contributed by atoms with Gasteiger partial charge in [0.15, 0.2) is 0 Å². The lowest BCUT2D eigenvalue weighted by molar-refractivity contribution is -0.116. The molecule has 1 aliphatic rings. The average Bonchev–Trinajstić information content (AvgIpc) is 3.06. The first-order valence-electron chi connectivity index (χ1n) is 10.2. The summed E-state index contributed by atoms with van der Waals surface area (Å²) in [7, 11) is -4.90. The largest absolute Gasteiger partial charge is 0.497 e. The van der Waals surface area contributed by atoms with Gasteiger partial charge in [0.25, 0.3) is 0 Å². The summed E-state index contributed by atoms with van der Waals surface area (Å²) in [5, 5.41) is 0. The zero-order valence-electron chi connectivity index (χ0n) is 18.5. The maximum Gasteiger partial charge on any atom is 0.244 e. The van der Waals surface area contributed by atoms with Gasteiger partial charge in [0, 0.05) is 13.0 Å². The summed E-state index contributed by atoms with van der Waals surface area (Å²) >= 11 is 0. The van der Waals surface area contributed by atoms with Gasteiger partial charge in [0.05, 0.1) is 32.3 Å². The molecule has 0 spiro atoms. The molecule has 1 saturated heterocycles. The molecular weight excluding hydrogens is 472 g/mol. The Morgan fingerprint density at radius 2 is 1.79 bits per heavy atom. The number of anilines is 1. The number of methoxy groups -OCH3 is 2. The van der Waals surface area contributed by atoms with Crippen LogP contribution in [0.5, 0.6) is 17.2 Å². The van der Waals surface area contributed by atoms with Crippen LogP contribution in [0, 0.1) is 0 Å². The molecule has 1 heterocycles. The Kier molecular flexibility index (Phi) is 7.50. The molecule has 1 aliphatic heterocycles. The lowest BCUT2D eigenvalue weighted by atomic mass is 10.1. The number of carbonyl (C=O) groups is 1. The van der Waals surface area contributed by atoms with Crippen molar-refractivity contribution in [2.75, 3.05) is 37.4 Å². The third kappa shape index (κ3) is 5.40. The summed E-state index contributed by atoms with van der Waals surface area (Å²) in [6.07, 6.45) is 0.153. The van der Waals surface area contributed by atoms with Crippen molar-refractivity contribution in [3.8, 4) is 17.2 Å². The molecule has 2 aromatic carbocycles. The van der Waals surface area contributed by atoms with Gasteiger partial charge in [0.1, 0.15) is 22.1 Å². The van der Waals surface area contributed by atoms with E-state index < -0.39 is 26.0 Å². The number of carbonyl (C=O) groups excluding carboxylic acids is 1. The fraction of sp³-hybridized carbons (Fsp3) is 0.381. The monoisotopic (exact) mass is 498 g/mol. The second-order valence-electron chi connectivity index (χ2n) is 7.11. The van der Waals surface area contributed by atoms with Crippen LogP contribution < -0.4 is 23.2 Å². The number of benzene rings is 2. The van der Waals surface area contributed by atoms with Gasteiger partial charge in [-0.25, -0.2) is 25.9 Å². The number of sulfonamides is 2. The van der Waals surface area contributed by atoms with Gasteiger partial charge >= 0.3 is 0 Å². The van der Waals surface area contributed by atoms with Gasteiger partial charge in [0.2, 0.25) is 26.0 Å². The first-order chi connectivity index (χ1) is 15.6. The van der Waals surface area contributed by atoms with Crippen molar-refractivity contribution in [3.05, 3.63) is 42.0 Å². The maximum absolute atomic E-state index is 13.1. The topological polar surface area (TPSA) is 128 Å². The van der Waals surface area contributed by atoms with E-state index in [9.17, 15) is 21.6 Å². The molecule has 10 nitrogen and oxygen atoms in total. The van der Waals surface area contributed by atoms with Crippen LogP contribution >= 0.6 is 0 Å². The number of hydrogen-bond donors (Lipinski definition) is 1. The van der Waals surface area contributed by atoms with E-state index in [1.807, 2.05) is 0 Å². The van der Waals surface area contributed by atoms with Gasteiger partial charge in [-0.1, -0.05) is 0 Å². The third-order valence-corrected chi connectivity index (χ3v) is 8.18. The van der Waals surface area contributed by atoms with Crippen LogP contribution in [0.15, 0.2) is 41.3 Å². The van der Waals surface area contributed by atoms with E-state index in [-0.39, 0.29) is 41.7 Å². The van der Waals surface area contributed by atoms with Crippen molar-refractivity contribution < 1.29 is 35.8 Å². The van der Waals surface area contributed by atoms with E-state index in [4.69, 9.17) is 14.2 Å². The highest BCUT2D eigenvalue weighted by Crippen LogP contribution is 2.33. The van der Waals surface area contributed by atoms with Gasteiger partial charge in [-0.2, -0.15) is 0 Å². The summed E-state index contributed by atoms with van der Waals surface area (Å²) < 4.78 is 69.9. The highest BCUT2D eigenvalue weighted by Gasteiger charge is 2.37. The maximum atomic E-state index is 13.1. The predicted octanol–water partition coefficient (Wildman–Crippen LogP) is 1.69. The Balaban J connectivity index is 1.88. The fourth-order valence-electron chi connectivity index (χ4n) is 3.45. The molecule has 2 aromatic rings. The molecule has 0 radical (unpaired) electrons. The van der Waals surface area contributed by atoms with Crippen LogP contribution in [-0.2, 0) is 31.3 Å². The molecule has 0 aliphatic carbocycles. The fourth-order valence-corrected chi connectivity index (χ4v) is 6.10. The molecule has 0 saturated carbocycles. The molecular formula is C21H26N2O8S2. The SMILES string of the molecule is CCOc1ccc(N2C(=O)CCS2(=O)=O)cc1S(=O)(=O)NCCc1cc(OC)ccc1OC. The van der Waals surface area contributed by atoms with E-state index in [2.05, 4.69) is 4.72 Å². The minimum atomic E-state index is -4.11. The van der Waals surface area contributed by atoms with Gasteiger partial charge in [-0.05, 0) is 55.3 Å². The lowest BCUT2D eigenvalue weighted by Crippen LogP contribution is -2.30. The molecule has 1 N–H and O–H groups in total. The Morgan fingerprint density at radius 1 is 1.06 bits per heavy atom. The van der Waals surface area contributed by atoms with E-state index in [0.717, 1.165) is 11.6 Å². The van der Waals surface area contributed by atoms with Crippen molar-refractivity contribution in [2.45, 2.75) is 24.7 Å². The molecule has 1 fully saturated rings. The predicted molar refractivity (Wildman–Crippen MR) is 122 cm³/mol. The Labute approximate surface area is 193 Å². The summed E-state index contributed by atoms with van der Waals surface area (Å²) in [5.41, 5.74) is 0.697. The van der Waals surface area contributed by atoms with E-state index in [0.29, 0.717) is 22.2 Å². The smallest absolute Gasteiger partial charge is 0.244 e. The second kappa shape index (κ2) is 9.98. The van der Waals surface area contributed by atoms with Crippen molar-refractivity contribution in [3.63, 3.8) is 0 Å². The summed E-state index contributed by atoms with van der Waals surface area (Å²) in [6.45, 7) is 1.92. The van der Waals surface area contributed by atoms with E-state index in [1.165, 1.54) is 26.4 Å². The van der Waals surface area contributed by atoms with Crippen LogP contribution in [0.3, 0.4) is 0 Å². The number of amides is 1. The molecule has 0 bridgehead atoms. The first kappa shape index (κ1) is 24.8. The van der Waals surface area contributed by atoms with Crippen LogP contribution in [0.4, 0.5) is 5.69 Å². The summed E-state index contributed by atoms with van der Waals surface area (Å²) in [6, 6.07) is 9.06. The molecule has 33 heavy (non-hydrogen) atoms. The number of ether oxygens (including phenoxy) is 3.